The molecule has 112 valence electrons. The average Bonchev–Trinajstić information content (AvgIpc) is 2.46. The second kappa shape index (κ2) is 5.75. The lowest BCUT2D eigenvalue weighted by Crippen LogP contribution is -2.40. The van der Waals surface area contributed by atoms with Gasteiger partial charge in [-0.2, -0.15) is 0 Å². The summed E-state index contributed by atoms with van der Waals surface area (Å²) >= 11 is 12.2. The van der Waals surface area contributed by atoms with Crippen molar-refractivity contribution in [3.8, 4) is 0 Å². The lowest BCUT2D eigenvalue weighted by Gasteiger charge is -2.33. The molecule has 1 aliphatic rings. The van der Waals surface area contributed by atoms with Gasteiger partial charge in [0.1, 0.15) is 5.78 Å². The number of amides is 1. The molecule has 3 nitrogen and oxygen atoms in total. The van der Waals surface area contributed by atoms with Crippen LogP contribution in [0.25, 0.3) is 0 Å². The topological polar surface area (TPSA) is 46.2 Å². The first kappa shape index (κ1) is 15.1. The van der Waals surface area contributed by atoms with E-state index in [0.29, 0.717) is 21.2 Å². The van der Waals surface area contributed by atoms with E-state index in [0.717, 1.165) is 5.56 Å². The Labute approximate surface area is 138 Å². The molecule has 22 heavy (non-hydrogen) atoms. The van der Waals surface area contributed by atoms with Crippen molar-refractivity contribution < 1.29 is 9.59 Å². The summed E-state index contributed by atoms with van der Waals surface area (Å²) in [6.07, 6.45) is 0. The molecule has 2 atom stereocenters. The van der Waals surface area contributed by atoms with Gasteiger partial charge in [-0.3, -0.25) is 9.59 Å². The molecule has 0 unspecified atom stereocenters. The fourth-order valence-electron chi connectivity index (χ4n) is 2.92. The lowest BCUT2D eigenvalue weighted by atomic mass is 9.79. The highest BCUT2D eigenvalue weighted by Crippen LogP contribution is 2.40. The number of halogens is 2. The highest BCUT2D eigenvalue weighted by atomic mass is 35.5. The molecule has 1 N–H and O–H groups in total. The second-order valence-corrected chi connectivity index (χ2v) is 6.14. The predicted octanol–water partition coefficient (Wildman–Crippen LogP) is 4.15. The molecule has 1 heterocycles. The maximum atomic E-state index is 12.3. The van der Waals surface area contributed by atoms with Gasteiger partial charge in [-0.1, -0.05) is 47.5 Å². The third-order valence-corrected chi connectivity index (χ3v) is 4.46. The third-order valence-electron chi connectivity index (χ3n) is 3.90. The van der Waals surface area contributed by atoms with Gasteiger partial charge >= 0.3 is 0 Å². The number of fused-ring (bicyclic) bond motifs is 1. The average molecular weight is 334 g/mol. The van der Waals surface area contributed by atoms with E-state index >= 15 is 0 Å². The van der Waals surface area contributed by atoms with Crippen molar-refractivity contribution >= 4 is 34.9 Å². The van der Waals surface area contributed by atoms with E-state index in [1.54, 1.807) is 30.3 Å². The molecule has 0 bridgehead atoms. The van der Waals surface area contributed by atoms with Gasteiger partial charge in [0.05, 0.1) is 12.0 Å². The van der Waals surface area contributed by atoms with Gasteiger partial charge in [-0.15, -0.1) is 0 Å². The van der Waals surface area contributed by atoms with Gasteiger partial charge in [0.15, 0.2) is 0 Å². The van der Waals surface area contributed by atoms with E-state index in [-0.39, 0.29) is 11.7 Å². The second-order valence-electron chi connectivity index (χ2n) is 5.29. The number of benzene rings is 2. The van der Waals surface area contributed by atoms with Crippen LogP contribution in [0.3, 0.4) is 0 Å². The largest absolute Gasteiger partial charge is 0.344 e. The molecule has 0 fully saturated rings. The minimum absolute atomic E-state index is 0.0246. The van der Waals surface area contributed by atoms with Crippen molar-refractivity contribution in [2.45, 2.75) is 18.9 Å². The molecule has 0 aliphatic carbocycles. The zero-order valence-corrected chi connectivity index (χ0v) is 13.3. The Balaban J connectivity index is 2.16. The van der Waals surface area contributed by atoms with Crippen LogP contribution in [0, 0.1) is 0 Å². The fourth-order valence-corrected chi connectivity index (χ4v) is 3.45. The molecular weight excluding hydrogens is 321 g/mol. The number of Topliss-reactive ketones (excluding diaryl/α,β-unsaturated/α-hetero) is 1. The van der Waals surface area contributed by atoms with Crippen LogP contribution in [-0.4, -0.2) is 11.7 Å². The standard InChI is InChI=1S/C17H13Cl2NO2/c1-9(21)15-11-4-2-3-5-12(11)17(22)20-16(15)13-7-6-10(18)8-14(13)19/h2-8,15-16H,1H3,(H,20,22)/t15-,16+/m1/s1. The molecule has 0 saturated heterocycles. The molecule has 3 rings (SSSR count). The number of nitrogens with one attached hydrogen (secondary N) is 1. The van der Waals surface area contributed by atoms with E-state index in [9.17, 15) is 9.59 Å². The van der Waals surface area contributed by atoms with E-state index in [2.05, 4.69) is 5.32 Å². The van der Waals surface area contributed by atoms with Crippen LogP contribution < -0.4 is 5.32 Å². The van der Waals surface area contributed by atoms with Crippen molar-refractivity contribution in [3.05, 3.63) is 69.2 Å². The summed E-state index contributed by atoms with van der Waals surface area (Å²) < 4.78 is 0. The van der Waals surface area contributed by atoms with Crippen LogP contribution in [0.5, 0.6) is 0 Å². The zero-order chi connectivity index (χ0) is 15.9. The van der Waals surface area contributed by atoms with Gasteiger partial charge < -0.3 is 5.32 Å². The first-order valence-corrected chi connectivity index (χ1v) is 7.60. The van der Waals surface area contributed by atoms with Crippen LogP contribution in [-0.2, 0) is 4.79 Å². The van der Waals surface area contributed by atoms with Crippen LogP contribution in [0.2, 0.25) is 10.0 Å². The zero-order valence-electron chi connectivity index (χ0n) is 11.8. The number of carbonyl (C=O) groups excluding carboxylic acids is 2. The quantitative estimate of drug-likeness (QED) is 0.897. The van der Waals surface area contributed by atoms with Crippen molar-refractivity contribution in [3.63, 3.8) is 0 Å². The monoisotopic (exact) mass is 333 g/mol. The minimum atomic E-state index is -0.496. The van der Waals surface area contributed by atoms with Gasteiger partial charge in [-0.25, -0.2) is 0 Å². The Bertz CT molecular complexity index is 773. The van der Waals surface area contributed by atoms with Crippen LogP contribution in [0.1, 0.15) is 40.4 Å². The number of ketones is 1. The van der Waals surface area contributed by atoms with Gasteiger partial charge in [0, 0.05) is 15.6 Å². The van der Waals surface area contributed by atoms with Crippen LogP contribution >= 0.6 is 23.2 Å². The van der Waals surface area contributed by atoms with E-state index in [1.165, 1.54) is 6.92 Å². The Kier molecular flexibility index (Phi) is 3.94. The summed E-state index contributed by atoms with van der Waals surface area (Å²) in [6, 6.07) is 11.7. The van der Waals surface area contributed by atoms with Gasteiger partial charge in [0.2, 0.25) is 0 Å². The number of carbonyl (C=O) groups is 2. The lowest BCUT2D eigenvalue weighted by molar-refractivity contribution is -0.119. The summed E-state index contributed by atoms with van der Waals surface area (Å²) in [5, 5.41) is 3.84. The Morgan fingerprint density at radius 2 is 1.82 bits per heavy atom. The Morgan fingerprint density at radius 3 is 2.50 bits per heavy atom. The molecule has 0 radical (unpaired) electrons. The maximum absolute atomic E-state index is 12.3. The highest BCUT2D eigenvalue weighted by molar-refractivity contribution is 6.35. The Morgan fingerprint density at radius 1 is 1.09 bits per heavy atom. The normalized spacial score (nSPS) is 20.2. The third kappa shape index (κ3) is 2.51. The fraction of sp³-hybridized carbons (Fsp3) is 0.176. The summed E-state index contributed by atoms with van der Waals surface area (Å²) in [5.74, 6) is -0.694. The first-order chi connectivity index (χ1) is 10.5. The predicted molar refractivity (Wildman–Crippen MR) is 86.5 cm³/mol. The van der Waals surface area contributed by atoms with Crippen molar-refractivity contribution in [1.82, 2.24) is 5.32 Å². The van der Waals surface area contributed by atoms with Crippen molar-refractivity contribution in [2.75, 3.05) is 0 Å². The molecule has 0 saturated carbocycles. The summed E-state index contributed by atoms with van der Waals surface area (Å²) in [7, 11) is 0. The molecule has 2 aromatic rings. The van der Waals surface area contributed by atoms with Crippen molar-refractivity contribution in [1.29, 1.82) is 0 Å². The number of hydrogen-bond acceptors (Lipinski definition) is 2. The summed E-state index contributed by atoms with van der Waals surface area (Å²) in [6.45, 7) is 1.52. The van der Waals surface area contributed by atoms with Crippen LogP contribution in [0.4, 0.5) is 0 Å². The van der Waals surface area contributed by atoms with E-state index < -0.39 is 12.0 Å². The summed E-state index contributed by atoms with van der Waals surface area (Å²) in [4.78, 5) is 24.5. The van der Waals surface area contributed by atoms with E-state index in [4.69, 9.17) is 23.2 Å². The molecule has 1 amide bonds. The molecule has 0 spiro atoms. The molecule has 2 aromatic carbocycles. The van der Waals surface area contributed by atoms with Crippen molar-refractivity contribution in [2.24, 2.45) is 0 Å². The first-order valence-electron chi connectivity index (χ1n) is 6.84. The maximum Gasteiger partial charge on any atom is 0.252 e. The van der Waals surface area contributed by atoms with Crippen LogP contribution in [0.15, 0.2) is 42.5 Å². The molecular formula is C17H13Cl2NO2. The number of rotatable bonds is 2. The SMILES string of the molecule is CC(=O)[C@@H]1c2ccccc2C(=O)N[C@H]1c1ccc(Cl)cc1Cl. The molecule has 0 aromatic heterocycles. The molecule has 5 heteroatoms. The smallest absolute Gasteiger partial charge is 0.252 e. The van der Waals surface area contributed by atoms with Gasteiger partial charge in [0.25, 0.3) is 5.91 Å². The minimum Gasteiger partial charge on any atom is -0.344 e. The summed E-state index contributed by atoms with van der Waals surface area (Å²) in [5.41, 5.74) is 1.95. The van der Waals surface area contributed by atoms with Gasteiger partial charge in [-0.05, 0) is 36.2 Å². The number of hydrogen-bond donors (Lipinski definition) is 1. The highest BCUT2D eigenvalue weighted by Gasteiger charge is 2.37. The Hall–Kier alpha value is -1.84. The van der Waals surface area contributed by atoms with E-state index in [1.807, 2.05) is 12.1 Å². The molecule has 1 aliphatic heterocycles.